The van der Waals surface area contributed by atoms with Crippen molar-refractivity contribution in [2.75, 3.05) is 53.6 Å². The van der Waals surface area contributed by atoms with Gasteiger partial charge >= 0.3 is 0 Å². The summed E-state index contributed by atoms with van der Waals surface area (Å²) in [5.74, 6) is 0.938. The lowest BCUT2D eigenvalue weighted by atomic mass is 10.2. The van der Waals surface area contributed by atoms with E-state index in [1.54, 1.807) is 14.0 Å². The molecule has 1 fully saturated rings. The van der Waals surface area contributed by atoms with Crippen LogP contribution in [0.15, 0.2) is 48.5 Å². The highest BCUT2D eigenvalue weighted by molar-refractivity contribution is 7.92. The number of rotatable bonds is 6. The van der Waals surface area contributed by atoms with Crippen molar-refractivity contribution < 1.29 is 13.2 Å². The topological polar surface area (TPSA) is 61.9 Å². The molecular weight excluding hydrogens is 350 g/mol. The van der Waals surface area contributed by atoms with Gasteiger partial charge in [-0.15, -0.1) is 0 Å². The van der Waals surface area contributed by atoms with Crippen LogP contribution in [0.2, 0.25) is 0 Å². The van der Waals surface area contributed by atoms with E-state index < -0.39 is 10.0 Å². The third-order valence-corrected chi connectivity index (χ3v) is 5.91. The molecule has 7 heteroatoms. The van der Waals surface area contributed by atoms with Gasteiger partial charge in [0.2, 0.25) is 10.0 Å². The third-order valence-electron chi connectivity index (χ3n) is 4.60. The number of ether oxygens (including phenoxy) is 1. The Morgan fingerprint density at radius 1 is 0.885 bits per heavy atom. The SMILES string of the molecule is CCS(=O)(=O)Nc1ccc(N2CCN(c3ccc(OC)cc3)CC2)cc1. The molecule has 0 spiro atoms. The van der Waals surface area contributed by atoms with Crippen LogP contribution in [0, 0.1) is 0 Å². The molecule has 0 radical (unpaired) electrons. The molecule has 1 heterocycles. The van der Waals surface area contributed by atoms with Gasteiger partial charge in [-0.25, -0.2) is 8.42 Å². The Hall–Kier alpha value is -2.41. The van der Waals surface area contributed by atoms with Crippen LogP contribution in [0.3, 0.4) is 0 Å². The Morgan fingerprint density at radius 3 is 1.77 bits per heavy atom. The zero-order valence-electron chi connectivity index (χ0n) is 15.2. The first-order valence-corrected chi connectivity index (χ1v) is 10.4. The Bertz CT molecular complexity index is 812. The fourth-order valence-electron chi connectivity index (χ4n) is 3.01. The van der Waals surface area contributed by atoms with Crippen molar-refractivity contribution in [3.05, 3.63) is 48.5 Å². The molecule has 26 heavy (non-hydrogen) atoms. The fraction of sp³-hybridized carbons (Fsp3) is 0.368. The summed E-state index contributed by atoms with van der Waals surface area (Å²) in [5.41, 5.74) is 2.92. The second-order valence-corrected chi connectivity index (χ2v) is 8.24. The van der Waals surface area contributed by atoms with Crippen LogP contribution >= 0.6 is 0 Å². The van der Waals surface area contributed by atoms with Gasteiger partial charge in [0.05, 0.1) is 12.9 Å². The number of methoxy groups -OCH3 is 1. The van der Waals surface area contributed by atoms with Gasteiger partial charge in [0, 0.05) is 43.2 Å². The highest BCUT2D eigenvalue weighted by atomic mass is 32.2. The number of sulfonamides is 1. The molecule has 0 atom stereocenters. The van der Waals surface area contributed by atoms with Gasteiger partial charge < -0.3 is 14.5 Å². The van der Waals surface area contributed by atoms with Gasteiger partial charge in [-0.2, -0.15) is 0 Å². The van der Waals surface area contributed by atoms with Crippen LogP contribution in [0.1, 0.15) is 6.92 Å². The normalized spacial score (nSPS) is 15.0. The van der Waals surface area contributed by atoms with E-state index in [2.05, 4.69) is 26.7 Å². The van der Waals surface area contributed by atoms with E-state index in [4.69, 9.17) is 4.74 Å². The van der Waals surface area contributed by atoms with Crippen molar-refractivity contribution >= 4 is 27.1 Å². The second-order valence-electron chi connectivity index (χ2n) is 6.22. The fourth-order valence-corrected chi connectivity index (χ4v) is 3.65. The van der Waals surface area contributed by atoms with E-state index >= 15 is 0 Å². The first-order valence-electron chi connectivity index (χ1n) is 8.75. The van der Waals surface area contributed by atoms with Crippen LogP contribution in [0.5, 0.6) is 5.75 Å². The van der Waals surface area contributed by atoms with E-state index in [0.29, 0.717) is 5.69 Å². The van der Waals surface area contributed by atoms with Gasteiger partial charge in [0.25, 0.3) is 0 Å². The van der Waals surface area contributed by atoms with E-state index in [0.717, 1.165) is 37.6 Å². The summed E-state index contributed by atoms with van der Waals surface area (Å²) in [4.78, 5) is 4.68. The van der Waals surface area contributed by atoms with Gasteiger partial charge in [0.1, 0.15) is 5.75 Å². The summed E-state index contributed by atoms with van der Waals surface area (Å²) >= 11 is 0. The monoisotopic (exact) mass is 375 g/mol. The molecule has 6 nitrogen and oxygen atoms in total. The van der Waals surface area contributed by atoms with Crippen LogP contribution in [0.25, 0.3) is 0 Å². The Labute approximate surface area is 155 Å². The number of anilines is 3. The zero-order chi connectivity index (χ0) is 18.6. The highest BCUT2D eigenvalue weighted by Crippen LogP contribution is 2.24. The standard InChI is InChI=1S/C19H25N3O3S/c1-3-26(23,24)20-16-4-6-17(7-5-16)21-12-14-22(15-13-21)18-8-10-19(25-2)11-9-18/h4-11,20H,3,12-15H2,1-2H3. The smallest absolute Gasteiger partial charge is 0.232 e. The van der Waals surface area contributed by atoms with Crippen molar-refractivity contribution in [2.24, 2.45) is 0 Å². The molecule has 1 N–H and O–H groups in total. The van der Waals surface area contributed by atoms with E-state index in [1.807, 2.05) is 36.4 Å². The number of benzene rings is 2. The maximum Gasteiger partial charge on any atom is 0.232 e. The molecule has 140 valence electrons. The summed E-state index contributed by atoms with van der Waals surface area (Å²) in [7, 11) is -1.56. The van der Waals surface area contributed by atoms with Crippen LogP contribution < -0.4 is 19.3 Å². The summed E-state index contributed by atoms with van der Waals surface area (Å²) < 4.78 is 31.0. The van der Waals surface area contributed by atoms with Gasteiger partial charge in [0.15, 0.2) is 0 Å². The third kappa shape index (κ3) is 4.40. The summed E-state index contributed by atoms with van der Waals surface area (Å²) in [5, 5.41) is 0. The minimum Gasteiger partial charge on any atom is -0.497 e. The Balaban J connectivity index is 1.59. The summed E-state index contributed by atoms with van der Waals surface area (Å²) in [6.45, 7) is 5.35. The molecular formula is C19H25N3O3S. The van der Waals surface area contributed by atoms with E-state index in [9.17, 15) is 8.42 Å². The largest absolute Gasteiger partial charge is 0.497 e. The quantitative estimate of drug-likeness (QED) is 0.841. The van der Waals surface area contributed by atoms with Gasteiger partial charge in [-0.1, -0.05) is 0 Å². The molecule has 0 unspecified atom stereocenters. The molecule has 3 rings (SSSR count). The van der Waals surface area contributed by atoms with Crippen molar-refractivity contribution in [2.45, 2.75) is 6.92 Å². The van der Waals surface area contributed by atoms with Crippen molar-refractivity contribution in [1.29, 1.82) is 0 Å². The number of nitrogens with zero attached hydrogens (tertiary/aromatic N) is 2. The zero-order valence-corrected chi connectivity index (χ0v) is 16.0. The van der Waals surface area contributed by atoms with Gasteiger partial charge in [-0.3, -0.25) is 4.72 Å². The van der Waals surface area contributed by atoms with Crippen LogP contribution in [-0.4, -0.2) is 47.5 Å². The average molecular weight is 375 g/mol. The molecule has 1 aliphatic rings. The summed E-state index contributed by atoms with van der Waals surface area (Å²) in [6.07, 6.45) is 0. The van der Waals surface area contributed by atoms with Crippen LogP contribution in [0.4, 0.5) is 17.1 Å². The molecule has 1 saturated heterocycles. The Kier molecular flexibility index (Phi) is 5.56. The predicted molar refractivity (Wildman–Crippen MR) is 107 cm³/mol. The number of hydrogen-bond donors (Lipinski definition) is 1. The number of nitrogens with one attached hydrogen (secondary N) is 1. The molecule has 2 aromatic rings. The average Bonchev–Trinajstić information content (AvgIpc) is 2.68. The molecule has 0 aliphatic carbocycles. The lowest BCUT2D eigenvalue weighted by molar-refractivity contribution is 0.415. The molecule has 0 bridgehead atoms. The molecule has 0 saturated carbocycles. The van der Waals surface area contributed by atoms with Crippen LogP contribution in [-0.2, 0) is 10.0 Å². The minimum absolute atomic E-state index is 0.0715. The van der Waals surface area contributed by atoms with Crippen molar-refractivity contribution in [1.82, 2.24) is 0 Å². The van der Waals surface area contributed by atoms with Crippen molar-refractivity contribution in [3.8, 4) is 5.75 Å². The van der Waals surface area contributed by atoms with E-state index in [-0.39, 0.29) is 5.75 Å². The first-order chi connectivity index (χ1) is 12.5. The molecule has 2 aromatic carbocycles. The predicted octanol–water partition coefficient (Wildman–Crippen LogP) is 2.78. The van der Waals surface area contributed by atoms with Gasteiger partial charge in [-0.05, 0) is 55.5 Å². The minimum atomic E-state index is -3.23. The maximum absolute atomic E-state index is 11.6. The highest BCUT2D eigenvalue weighted by Gasteiger charge is 2.18. The summed E-state index contributed by atoms with van der Waals surface area (Å²) in [6, 6.07) is 15.7. The number of piperazine rings is 1. The Morgan fingerprint density at radius 2 is 1.35 bits per heavy atom. The van der Waals surface area contributed by atoms with Crippen molar-refractivity contribution in [3.63, 3.8) is 0 Å². The lowest BCUT2D eigenvalue weighted by Gasteiger charge is -2.37. The lowest BCUT2D eigenvalue weighted by Crippen LogP contribution is -2.46. The number of hydrogen-bond acceptors (Lipinski definition) is 5. The van der Waals surface area contributed by atoms with E-state index in [1.165, 1.54) is 5.69 Å². The second kappa shape index (κ2) is 7.86. The maximum atomic E-state index is 11.6. The first kappa shape index (κ1) is 18.4. The molecule has 0 aromatic heterocycles. The molecule has 1 aliphatic heterocycles. The molecule has 0 amide bonds.